The molecule has 0 amide bonds. The Bertz CT molecular complexity index is 1090. The number of rotatable bonds is 4. The Kier molecular flexibility index (Phi) is 5.35. The van der Waals surface area contributed by atoms with E-state index >= 15 is 0 Å². The number of esters is 2. The van der Waals surface area contributed by atoms with Crippen LogP contribution in [-0.4, -0.2) is 80.1 Å². The second-order valence-corrected chi connectivity index (χ2v) is 10.7. The van der Waals surface area contributed by atoms with Crippen LogP contribution in [0.2, 0.25) is 0 Å². The van der Waals surface area contributed by atoms with Crippen LogP contribution in [0.4, 0.5) is 5.69 Å². The maximum absolute atomic E-state index is 13.6. The highest BCUT2D eigenvalue weighted by Gasteiger charge is 2.80. The average molecular weight is 535 g/mol. The van der Waals surface area contributed by atoms with Crippen molar-refractivity contribution in [2.75, 3.05) is 39.3 Å². The Labute approximate surface area is 207 Å². The molecule has 3 aliphatic heterocycles. The number of hydrogen-bond acceptors (Lipinski definition) is 8. The fraction of sp³-hybridized carbons (Fsp3) is 0.600. The van der Waals surface area contributed by atoms with Crippen LogP contribution in [-0.2, 0) is 24.5 Å². The number of carbonyl (C=O) groups is 2. The number of carbonyl (C=O) groups excluding carboxylic acids is 2. The Morgan fingerprint density at radius 1 is 1.26 bits per heavy atom. The summed E-state index contributed by atoms with van der Waals surface area (Å²) in [4.78, 5) is 30.3. The molecule has 1 spiro atoms. The van der Waals surface area contributed by atoms with E-state index in [2.05, 4.69) is 39.0 Å². The molecule has 2 fully saturated rings. The van der Waals surface area contributed by atoms with Crippen LogP contribution in [0.3, 0.4) is 0 Å². The van der Waals surface area contributed by atoms with Gasteiger partial charge in [-0.2, -0.15) is 0 Å². The first kappa shape index (κ1) is 23.6. The Morgan fingerprint density at radius 2 is 2.00 bits per heavy atom. The minimum Gasteiger partial charge on any atom is -0.495 e. The van der Waals surface area contributed by atoms with Gasteiger partial charge in [0.1, 0.15) is 5.75 Å². The van der Waals surface area contributed by atoms with Crippen molar-refractivity contribution in [2.45, 2.75) is 55.9 Å². The van der Waals surface area contributed by atoms with Crippen molar-refractivity contribution >= 4 is 33.6 Å². The van der Waals surface area contributed by atoms with Gasteiger partial charge in [-0.05, 0) is 46.9 Å². The summed E-state index contributed by atoms with van der Waals surface area (Å²) >= 11 is 3.65. The van der Waals surface area contributed by atoms with Crippen LogP contribution in [0.5, 0.6) is 5.75 Å². The molecular weight excluding hydrogens is 504 g/mol. The van der Waals surface area contributed by atoms with Crippen molar-refractivity contribution in [1.29, 1.82) is 0 Å². The molecule has 1 aromatic rings. The van der Waals surface area contributed by atoms with Crippen molar-refractivity contribution in [2.24, 2.45) is 5.41 Å². The number of likely N-dealkylation sites (N-methyl/N-ethyl adjacent to an activating group) is 1. The van der Waals surface area contributed by atoms with Crippen molar-refractivity contribution in [3.63, 3.8) is 0 Å². The number of aliphatic hydroxyl groups is 1. The summed E-state index contributed by atoms with van der Waals surface area (Å²) in [7, 11) is 4.76. The lowest BCUT2D eigenvalue weighted by Gasteiger charge is -2.63. The van der Waals surface area contributed by atoms with E-state index in [1.54, 1.807) is 7.11 Å². The minimum absolute atomic E-state index is 0.0849. The van der Waals surface area contributed by atoms with E-state index < -0.39 is 40.5 Å². The van der Waals surface area contributed by atoms with Crippen molar-refractivity contribution in [1.82, 2.24) is 4.90 Å². The minimum atomic E-state index is -2.10. The van der Waals surface area contributed by atoms with Crippen molar-refractivity contribution < 1.29 is 28.9 Å². The van der Waals surface area contributed by atoms with Gasteiger partial charge in [0.05, 0.1) is 24.7 Å². The summed E-state index contributed by atoms with van der Waals surface area (Å²) in [5.41, 5.74) is -1.54. The van der Waals surface area contributed by atoms with Crippen molar-refractivity contribution in [3.8, 4) is 5.75 Å². The number of ether oxygens (including phenoxy) is 3. The summed E-state index contributed by atoms with van der Waals surface area (Å²) < 4.78 is 17.5. The first-order valence-electron chi connectivity index (χ1n) is 11.6. The monoisotopic (exact) mass is 534 g/mol. The molecule has 6 atom stereocenters. The molecule has 1 saturated heterocycles. The molecule has 34 heavy (non-hydrogen) atoms. The number of halogens is 1. The second kappa shape index (κ2) is 7.70. The highest BCUT2D eigenvalue weighted by molar-refractivity contribution is 9.10. The van der Waals surface area contributed by atoms with Gasteiger partial charge in [-0.25, -0.2) is 4.79 Å². The predicted molar refractivity (Wildman–Crippen MR) is 129 cm³/mol. The summed E-state index contributed by atoms with van der Waals surface area (Å²) in [5.74, 6) is -0.671. The number of benzene rings is 1. The van der Waals surface area contributed by atoms with Gasteiger partial charge in [-0.3, -0.25) is 9.69 Å². The van der Waals surface area contributed by atoms with Crippen LogP contribution in [0.1, 0.15) is 32.3 Å². The van der Waals surface area contributed by atoms with E-state index in [0.29, 0.717) is 12.2 Å². The molecule has 0 unspecified atom stereocenters. The van der Waals surface area contributed by atoms with Crippen LogP contribution >= 0.6 is 15.9 Å². The molecule has 1 aliphatic carbocycles. The number of fused-ring (bicyclic) bond motifs is 1. The fourth-order valence-electron chi connectivity index (χ4n) is 7.71. The first-order valence-corrected chi connectivity index (χ1v) is 12.4. The molecule has 0 radical (unpaired) electrons. The van der Waals surface area contributed by atoms with Crippen molar-refractivity contribution in [3.05, 3.63) is 34.3 Å². The molecule has 1 aromatic carbocycles. The largest absolute Gasteiger partial charge is 0.495 e. The number of methoxy groups -OCH3 is 2. The van der Waals surface area contributed by atoms with Gasteiger partial charge in [0.25, 0.3) is 0 Å². The molecule has 0 bridgehead atoms. The molecule has 9 heteroatoms. The molecule has 4 aliphatic rings. The molecule has 8 nitrogen and oxygen atoms in total. The highest BCUT2D eigenvalue weighted by atomic mass is 79.9. The summed E-state index contributed by atoms with van der Waals surface area (Å²) in [6, 6.07) is 3.22. The molecule has 1 saturated carbocycles. The number of anilines is 1. The lowest BCUT2D eigenvalue weighted by Crippen LogP contribution is -2.81. The normalized spacial score (nSPS) is 37.6. The lowest BCUT2D eigenvalue weighted by atomic mass is 9.47. The van der Waals surface area contributed by atoms with Gasteiger partial charge in [0.15, 0.2) is 6.10 Å². The van der Waals surface area contributed by atoms with Gasteiger partial charge in [-0.1, -0.05) is 19.1 Å². The lowest BCUT2D eigenvalue weighted by molar-refractivity contribution is -0.228. The topological polar surface area (TPSA) is 88.5 Å². The van der Waals surface area contributed by atoms with Crippen LogP contribution in [0, 0.1) is 5.41 Å². The molecule has 1 N–H and O–H groups in total. The van der Waals surface area contributed by atoms with Gasteiger partial charge in [-0.15, -0.1) is 0 Å². The fourth-order valence-corrected chi connectivity index (χ4v) is 8.22. The maximum atomic E-state index is 13.6. The standard InChI is InChI=1S/C25H31BrN2O6/c1-6-23-8-7-10-28-11-9-24(19(23)28)15-12-16(26)18(32-4)13-17(15)27(3)20(24)25(31,22(30)33-5)21(23)34-14(2)29/h7-8,12-13,19-21,31H,6,9-11H2,1-5H3/t19-,20-,21+,23+,24-,25+/m0/s1. The Morgan fingerprint density at radius 3 is 2.62 bits per heavy atom. The van der Waals surface area contributed by atoms with Gasteiger partial charge < -0.3 is 24.2 Å². The van der Waals surface area contributed by atoms with Gasteiger partial charge >= 0.3 is 11.9 Å². The van der Waals surface area contributed by atoms with Crippen LogP contribution < -0.4 is 9.64 Å². The quantitative estimate of drug-likeness (QED) is 0.465. The van der Waals surface area contributed by atoms with E-state index in [-0.39, 0.29) is 6.04 Å². The van der Waals surface area contributed by atoms with E-state index in [4.69, 9.17) is 14.2 Å². The van der Waals surface area contributed by atoms with Crippen LogP contribution in [0.15, 0.2) is 28.8 Å². The number of nitrogens with zero attached hydrogens (tertiary/aromatic N) is 2. The maximum Gasteiger partial charge on any atom is 0.344 e. The zero-order valence-electron chi connectivity index (χ0n) is 20.1. The predicted octanol–water partition coefficient (Wildman–Crippen LogP) is 2.40. The SMILES string of the molecule is CC[C@]12C=CCN3CC[C@]4(c5cc(Br)c(OC)cc5N(C)[C@@H]4[C@](O)(C(=O)OC)[C@@H]1OC(C)=O)[C@@H]32. The third-order valence-corrected chi connectivity index (χ3v) is 9.30. The molecule has 0 aromatic heterocycles. The summed E-state index contributed by atoms with van der Waals surface area (Å²) in [5, 5.41) is 12.5. The Balaban J connectivity index is 1.88. The second-order valence-electron chi connectivity index (χ2n) is 9.88. The van der Waals surface area contributed by atoms with Gasteiger partial charge in [0.2, 0.25) is 5.60 Å². The zero-order valence-corrected chi connectivity index (χ0v) is 21.7. The third-order valence-electron chi connectivity index (χ3n) is 8.68. The van der Waals surface area contributed by atoms with Crippen LogP contribution in [0.25, 0.3) is 0 Å². The van der Waals surface area contributed by atoms with E-state index in [0.717, 1.165) is 35.2 Å². The third kappa shape index (κ3) is 2.61. The van der Waals surface area contributed by atoms with E-state index in [9.17, 15) is 14.7 Å². The average Bonchev–Trinajstić information content (AvgIpc) is 3.32. The molecule has 3 heterocycles. The zero-order chi connectivity index (χ0) is 24.6. The number of hydrogen-bond donors (Lipinski definition) is 1. The van der Waals surface area contributed by atoms with E-state index in [1.807, 2.05) is 24.9 Å². The summed E-state index contributed by atoms with van der Waals surface area (Å²) in [6.45, 7) is 4.91. The smallest absolute Gasteiger partial charge is 0.344 e. The molecule has 5 rings (SSSR count). The molecule has 184 valence electrons. The van der Waals surface area contributed by atoms with Gasteiger partial charge in [0, 0.05) is 49.1 Å². The first-order chi connectivity index (χ1) is 16.1. The highest BCUT2D eigenvalue weighted by Crippen LogP contribution is 2.67. The summed E-state index contributed by atoms with van der Waals surface area (Å²) in [6.07, 6.45) is 4.34. The Hall–Kier alpha value is -2.10. The van der Waals surface area contributed by atoms with E-state index in [1.165, 1.54) is 14.0 Å². The molecular formula is C25H31BrN2O6.